The van der Waals surface area contributed by atoms with E-state index < -0.39 is 28.8 Å². The summed E-state index contributed by atoms with van der Waals surface area (Å²) in [5.41, 5.74) is -1.45. The summed E-state index contributed by atoms with van der Waals surface area (Å²) < 4.78 is 33.1. The Kier molecular flexibility index (Phi) is 3.63. The molecule has 0 bridgehead atoms. The Morgan fingerprint density at radius 1 is 1.00 bits per heavy atom. The molecule has 0 fully saturated rings. The van der Waals surface area contributed by atoms with Crippen LogP contribution in [-0.4, -0.2) is 30.3 Å². The highest BCUT2D eigenvalue weighted by atomic mass is 19.1. The maximum atomic E-state index is 14.1. The minimum atomic E-state index is -1.24. The maximum Gasteiger partial charge on any atom is 0.296 e. The summed E-state index contributed by atoms with van der Waals surface area (Å²) in [5, 5.41) is 22.5. The SMILES string of the molecule is CC(C)(c1noc(-c2nc(O)cc(O)n2)n1)c1c(F)cccc1F. The quantitative estimate of drug-likeness (QED) is 0.758. The van der Waals surface area contributed by atoms with Crippen LogP contribution >= 0.6 is 0 Å². The van der Waals surface area contributed by atoms with Crippen LogP contribution in [0.4, 0.5) is 8.78 Å². The topological polar surface area (TPSA) is 105 Å². The van der Waals surface area contributed by atoms with Gasteiger partial charge in [0.2, 0.25) is 17.6 Å². The van der Waals surface area contributed by atoms with Gasteiger partial charge >= 0.3 is 0 Å². The van der Waals surface area contributed by atoms with Crippen molar-refractivity contribution in [2.45, 2.75) is 19.3 Å². The van der Waals surface area contributed by atoms with E-state index in [1.54, 1.807) is 0 Å². The van der Waals surface area contributed by atoms with Crippen molar-refractivity contribution in [3.63, 3.8) is 0 Å². The number of aromatic nitrogens is 4. The van der Waals surface area contributed by atoms with Crippen LogP contribution < -0.4 is 0 Å². The van der Waals surface area contributed by atoms with Crippen molar-refractivity contribution in [2.24, 2.45) is 0 Å². The first-order valence-electron chi connectivity index (χ1n) is 6.85. The molecule has 0 unspecified atom stereocenters. The number of hydrogen-bond donors (Lipinski definition) is 2. The van der Waals surface area contributed by atoms with Crippen LogP contribution in [0.5, 0.6) is 11.8 Å². The predicted octanol–water partition coefficient (Wildman–Crippen LogP) is 2.54. The zero-order chi connectivity index (χ0) is 17.5. The van der Waals surface area contributed by atoms with Gasteiger partial charge in [-0.1, -0.05) is 11.2 Å². The second kappa shape index (κ2) is 5.52. The summed E-state index contributed by atoms with van der Waals surface area (Å²) in [6.45, 7) is 3.06. The lowest BCUT2D eigenvalue weighted by Crippen LogP contribution is -2.24. The Morgan fingerprint density at radius 3 is 2.17 bits per heavy atom. The predicted molar refractivity (Wildman–Crippen MR) is 77.1 cm³/mol. The lowest BCUT2D eigenvalue weighted by Gasteiger charge is -2.22. The smallest absolute Gasteiger partial charge is 0.296 e. The molecule has 3 aromatic rings. The van der Waals surface area contributed by atoms with Crippen molar-refractivity contribution < 1.29 is 23.5 Å². The summed E-state index contributed by atoms with van der Waals surface area (Å²) in [7, 11) is 0. The molecule has 1 aromatic carbocycles. The van der Waals surface area contributed by atoms with Gasteiger partial charge in [0, 0.05) is 5.56 Å². The molecule has 0 aliphatic rings. The molecule has 7 nitrogen and oxygen atoms in total. The molecule has 0 aliphatic carbocycles. The summed E-state index contributed by atoms with van der Waals surface area (Å²) in [6, 6.07) is 4.46. The highest BCUT2D eigenvalue weighted by molar-refractivity contribution is 5.44. The van der Waals surface area contributed by atoms with E-state index in [1.165, 1.54) is 19.9 Å². The van der Waals surface area contributed by atoms with Gasteiger partial charge in [-0.15, -0.1) is 0 Å². The number of nitrogens with zero attached hydrogens (tertiary/aromatic N) is 4. The highest BCUT2D eigenvalue weighted by Crippen LogP contribution is 2.34. The lowest BCUT2D eigenvalue weighted by atomic mass is 9.83. The number of halogens is 2. The number of benzene rings is 1. The van der Waals surface area contributed by atoms with Gasteiger partial charge in [0.1, 0.15) is 11.6 Å². The van der Waals surface area contributed by atoms with Gasteiger partial charge in [-0.3, -0.25) is 0 Å². The Bertz CT molecular complexity index is 871. The van der Waals surface area contributed by atoms with Crippen LogP contribution in [0.2, 0.25) is 0 Å². The molecule has 2 heterocycles. The van der Waals surface area contributed by atoms with Gasteiger partial charge in [0.05, 0.1) is 11.5 Å². The molecule has 0 spiro atoms. The largest absolute Gasteiger partial charge is 0.493 e. The Labute approximate surface area is 134 Å². The van der Waals surface area contributed by atoms with E-state index in [-0.39, 0.29) is 23.1 Å². The number of hydrogen-bond acceptors (Lipinski definition) is 7. The van der Waals surface area contributed by atoms with E-state index in [0.717, 1.165) is 18.2 Å². The zero-order valence-electron chi connectivity index (χ0n) is 12.7. The first-order chi connectivity index (χ1) is 11.3. The third-order valence-corrected chi connectivity index (χ3v) is 3.46. The average molecular weight is 334 g/mol. The van der Waals surface area contributed by atoms with Gasteiger partial charge in [-0.05, 0) is 26.0 Å². The van der Waals surface area contributed by atoms with E-state index in [4.69, 9.17) is 4.52 Å². The number of rotatable bonds is 3. The molecule has 0 radical (unpaired) electrons. The van der Waals surface area contributed by atoms with Crippen LogP contribution in [0, 0.1) is 11.6 Å². The van der Waals surface area contributed by atoms with Crippen LogP contribution in [0.25, 0.3) is 11.7 Å². The minimum absolute atomic E-state index is 0.00654. The Hall–Kier alpha value is -3.10. The molecule has 0 amide bonds. The molecule has 2 N–H and O–H groups in total. The van der Waals surface area contributed by atoms with Crippen LogP contribution in [0.15, 0.2) is 28.8 Å². The first-order valence-corrected chi connectivity index (χ1v) is 6.85. The summed E-state index contributed by atoms with van der Waals surface area (Å²) >= 11 is 0. The molecule has 0 aliphatic heterocycles. The number of aromatic hydroxyl groups is 2. The third-order valence-electron chi connectivity index (χ3n) is 3.46. The normalized spacial score (nSPS) is 11.7. The second-order valence-electron chi connectivity index (χ2n) is 5.55. The van der Waals surface area contributed by atoms with Crippen molar-refractivity contribution in [3.05, 3.63) is 47.3 Å². The van der Waals surface area contributed by atoms with Crippen molar-refractivity contribution in [1.82, 2.24) is 20.1 Å². The van der Waals surface area contributed by atoms with Gasteiger partial charge < -0.3 is 14.7 Å². The van der Waals surface area contributed by atoms with E-state index in [0.29, 0.717) is 0 Å². The highest BCUT2D eigenvalue weighted by Gasteiger charge is 2.34. The fraction of sp³-hybridized carbons (Fsp3) is 0.200. The van der Waals surface area contributed by atoms with Gasteiger partial charge in [0.15, 0.2) is 5.82 Å². The molecular weight excluding hydrogens is 322 g/mol. The van der Waals surface area contributed by atoms with E-state index in [9.17, 15) is 19.0 Å². The van der Waals surface area contributed by atoms with Gasteiger partial charge in [0.25, 0.3) is 5.89 Å². The lowest BCUT2D eigenvalue weighted by molar-refractivity contribution is 0.392. The molecule has 3 rings (SSSR count). The minimum Gasteiger partial charge on any atom is -0.493 e. The van der Waals surface area contributed by atoms with E-state index >= 15 is 0 Å². The van der Waals surface area contributed by atoms with Gasteiger partial charge in [-0.25, -0.2) is 8.78 Å². The Balaban J connectivity index is 2.06. The fourth-order valence-corrected chi connectivity index (χ4v) is 2.29. The molecule has 0 atom stereocenters. The molecule has 0 saturated carbocycles. The van der Waals surface area contributed by atoms with Crippen LogP contribution in [0.3, 0.4) is 0 Å². The van der Waals surface area contributed by atoms with Crippen molar-refractivity contribution >= 4 is 0 Å². The molecular formula is C15H12F2N4O3. The summed E-state index contributed by atoms with van der Waals surface area (Å²) in [5.74, 6) is -2.88. The van der Waals surface area contributed by atoms with Gasteiger partial charge in [-0.2, -0.15) is 15.0 Å². The van der Waals surface area contributed by atoms with Crippen molar-refractivity contribution in [2.75, 3.05) is 0 Å². The molecule has 9 heteroatoms. The molecule has 0 saturated heterocycles. The van der Waals surface area contributed by atoms with Crippen LogP contribution in [0.1, 0.15) is 25.2 Å². The second-order valence-corrected chi connectivity index (χ2v) is 5.55. The van der Waals surface area contributed by atoms with Crippen molar-refractivity contribution in [3.8, 4) is 23.5 Å². The first kappa shape index (κ1) is 15.8. The van der Waals surface area contributed by atoms with E-state index in [2.05, 4.69) is 20.1 Å². The summed E-state index contributed by atoms with van der Waals surface area (Å²) in [6.07, 6.45) is 0. The van der Waals surface area contributed by atoms with E-state index in [1.807, 2.05) is 0 Å². The Morgan fingerprint density at radius 2 is 1.58 bits per heavy atom. The average Bonchev–Trinajstić information content (AvgIpc) is 2.96. The molecule has 124 valence electrons. The fourth-order valence-electron chi connectivity index (χ4n) is 2.29. The maximum absolute atomic E-state index is 14.1. The monoisotopic (exact) mass is 334 g/mol. The summed E-state index contributed by atoms with van der Waals surface area (Å²) in [4.78, 5) is 11.3. The zero-order valence-corrected chi connectivity index (χ0v) is 12.7. The molecule has 24 heavy (non-hydrogen) atoms. The molecule has 2 aromatic heterocycles. The standard InChI is InChI=1S/C15H12F2N4O3/c1-15(2,11-7(16)4-3-5-8(11)17)14-20-13(24-21-14)12-18-9(22)6-10(23)19-12/h3-6H,1-2H3,(H2,18,19,22,23). The van der Waals surface area contributed by atoms with Crippen molar-refractivity contribution in [1.29, 1.82) is 0 Å². The van der Waals surface area contributed by atoms with Crippen LogP contribution in [-0.2, 0) is 5.41 Å². The third kappa shape index (κ3) is 2.64.